The molecule has 2 heterocycles. The maximum atomic E-state index is 12.3. The Bertz CT molecular complexity index is 1220. The molecule has 0 amide bonds. The van der Waals surface area contributed by atoms with Crippen LogP contribution in [0.5, 0.6) is 11.5 Å². The lowest BCUT2D eigenvalue weighted by Gasteiger charge is -2.08. The van der Waals surface area contributed by atoms with E-state index in [1.807, 2.05) is 31.2 Å². The van der Waals surface area contributed by atoms with E-state index < -0.39 is 0 Å². The van der Waals surface area contributed by atoms with Crippen LogP contribution in [0.1, 0.15) is 18.0 Å². The number of methoxy groups -OCH3 is 2. The van der Waals surface area contributed by atoms with Gasteiger partial charge in [-0.2, -0.15) is 0 Å². The van der Waals surface area contributed by atoms with Crippen LogP contribution in [0.4, 0.5) is 0 Å². The molecule has 8 nitrogen and oxygen atoms in total. The van der Waals surface area contributed by atoms with E-state index in [1.54, 1.807) is 32.4 Å². The maximum Gasteiger partial charge on any atom is 0.277 e. The Balaban J connectivity index is 1.57. The third kappa shape index (κ3) is 3.81. The lowest BCUT2D eigenvalue weighted by atomic mass is 10.2. The predicted octanol–water partition coefficient (Wildman–Crippen LogP) is 3.84. The van der Waals surface area contributed by atoms with Crippen LogP contribution in [-0.2, 0) is 0 Å². The van der Waals surface area contributed by atoms with Crippen molar-refractivity contribution < 1.29 is 13.9 Å². The number of hydrogen-bond donors (Lipinski definition) is 1. The Hall–Kier alpha value is -3.33. The van der Waals surface area contributed by atoms with Gasteiger partial charge in [0.25, 0.3) is 10.8 Å². The number of rotatable bonds is 6. The number of hydrogen-bond acceptors (Lipinski definition) is 8. The van der Waals surface area contributed by atoms with Crippen LogP contribution in [0.2, 0.25) is 0 Å². The van der Waals surface area contributed by atoms with Gasteiger partial charge in [-0.05, 0) is 37.3 Å². The van der Waals surface area contributed by atoms with Gasteiger partial charge >= 0.3 is 0 Å². The van der Waals surface area contributed by atoms with Crippen LogP contribution in [-0.4, -0.2) is 34.4 Å². The maximum absolute atomic E-state index is 12.3. The smallest absolute Gasteiger partial charge is 0.277 e. The Labute approximate surface area is 170 Å². The number of fused-ring (bicyclic) bond motifs is 1. The van der Waals surface area contributed by atoms with Crippen molar-refractivity contribution in [3.05, 3.63) is 58.6 Å². The van der Waals surface area contributed by atoms with Crippen LogP contribution in [0.15, 0.2) is 56.9 Å². The third-order valence-corrected chi connectivity index (χ3v) is 5.27. The number of aromatic nitrogens is 4. The van der Waals surface area contributed by atoms with Crippen molar-refractivity contribution in [2.75, 3.05) is 14.2 Å². The van der Waals surface area contributed by atoms with Gasteiger partial charge in [0.2, 0.25) is 5.89 Å². The summed E-state index contributed by atoms with van der Waals surface area (Å²) in [5, 5.41) is 8.94. The molecular formula is C20H18N4O4S. The fourth-order valence-corrected chi connectivity index (χ4v) is 3.59. The molecule has 0 fully saturated rings. The van der Waals surface area contributed by atoms with Crippen molar-refractivity contribution in [2.24, 2.45) is 0 Å². The Morgan fingerprint density at radius 1 is 1.07 bits per heavy atom. The minimum Gasteiger partial charge on any atom is -0.493 e. The van der Waals surface area contributed by atoms with Crippen molar-refractivity contribution in [1.29, 1.82) is 0 Å². The number of nitrogens with one attached hydrogen (secondary N) is 1. The van der Waals surface area contributed by atoms with Gasteiger partial charge in [-0.3, -0.25) is 4.79 Å². The number of para-hydroxylation sites is 1. The summed E-state index contributed by atoms with van der Waals surface area (Å²) >= 11 is 1.32. The molecule has 0 spiro atoms. The number of thioether (sulfide) groups is 1. The summed E-state index contributed by atoms with van der Waals surface area (Å²) in [4.78, 5) is 19.7. The molecule has 0 aliphatic rings. The van der Waals surface area contributed by atoms with E-state index in [4.69, 9.17) is 13.9 Å². The minimum atomic E-state index is -0.189. The van der Waals surface area contributed by atoms with Gasteiger partial charge in [0.1, 0.15) is 5.82 Å². The molecule has 9 heteroatoms. The van der Waals surface area contributed by atoms with E-state index >= 15 is 0 Å². The molecule has 0 saturated carbocycles. The summed E-state index contributed by atoms with van der Waals surface area (Å²) < 4.78 is 16.3. The third-order valence-electron chi connectivity index (χ3n) is 4.33. The van der Waals surface area contributed by atoms with E-state index in [0.717, 1.165) is 0 Å². The van der Waals surface area contributed by atoms with E-state index in [1.165, 1.54) is 11.8 Å². The minimum absolute atomic E-state index is 0.172. The first-order chi connectivity index (χ1) is 14.1. The van der Waals surface area contributed by atoms with Crippen molar-refractivity contribution in [3.63, 3.8) is 0 Å². The molecule has 2 aromatic heterocycles. The van der Waals surface area contributed by atoms with Gasteiger partial charge in [0, 0.05) is 5.56 Å². The van der Waals surface area contributed by atoms with Gasteiger partial charge in [-0.25, -0.2) is 4.98 Å². The lowest BCUT2D eigenvalue weighted by Crippen LogP contribution is -2.12. The normalized spacial score (nSPS) is 12.1. The highest BCUT2D eigenvalue weighted by Gasteiger charge is 2.18. The molecule has 0 aliphatic carbocycles. The number of H-pyrrole nitrogens is 1. The lowest BCUT2D eigenvalue weighted by molar-refractivity contribution is 0.355. The summed E-state index contributed by atoms with van der Waals surface area (Å²) in [5.74, 6) is 2.10. The highest BCUT2D eigenvalue weighted by atomic mass is 32.2. The molecule has 1 atom stereocenters. The van der Waals surface area contributed by atoms with Crippen LogP contribution in [0.3, 0.4) is 0 Å². The topological polar surface area (TPSA) is 103 Å². The molecule has 4 rings (SSSR count). The number of nitrogens with zero attached hydrogens (tertiary/aromatic N) is 3. The summed E-state index contributed by atoms with van der Waals surface area (Å²) in [6.07, 6.45) is 0. The molecule has 0 aliphatic heterocycles. The van der Waals surface area contributed by atoms with E-state index in [2.05, 4.69) is 20.2 Å². The Morgan fingerprint density at radius 2 is 1.86 bits per heavy atom. The first-order valence-electron chi connectivity index (χ1n) is 8.80. The molecular weight excluding hydrogens is 392 g/mol. The molecule has 0 bridgehead atoms. The summed E-state index contributed by atoms with van der Waals surface area (Å²) in [5.41, 5.74) is 1.19. The first-order valence-corrected chi connectivity index (χ1v) is 9.68. The standard InChI is InChI=1S/C20H18N4O4S/c1-11(17-21-14-7-5-4-6-13(14)18(25)22-17)29-20-24-23-19(28-20)12-8-9-15(26-2)16(10-12)27-3/h4-11H,1-3H3,(H,21,22,25). The first kappa shape index (κ1) is 19.0. The van der Waals surface area contributed by atoms with Crippen LogP contribution >= 0.6 is 11.8 Å². The fourth-order valence-electron chi connectivity index (χ4n) is 2.85. The quantitative estimate of drug-likeness (QED) is 0.478. The van der Waals surface area contributed by atoms with Crippen molar-refractivity contribution >= 4 is 22.7 Å². The number of aromatic amines is 1. The zero-order chi connectivity index (χ0) is 20.4. The zero-order valence-electron chi connectivity index (χ0n) is 16.0. The Kier molecular flexibility index (Phi) is 5.22. The van der Waals surface area contributed by atoms with Crippen molar-refractivity contribution in [1.82, 2.24) is 20.2 Å². The second-order valence-electron chi connectivity index (χ2n) is 6.17. The van der Waals surface area contributed by atoms with Gasteiger partial charge in [0.15, 0.2) is 11.5 Å². The molecule has 29 heavy (non-hydrogen) atoms. The average molecular weight is 410 g/mol. The van der Waals surface area contributed by atoms with Gasteiger partial charge in [-0.1, -0.05) is 23.9 Å². The Morgan fingerprint density at radius 3 is 2.66 bits per heavy atom. The molecule has 2 aromatic carbocycles. The van der Waals surface area contributed by atoms with Crippen molar-refractivity contribution in [3.8, 4) is 23.0 Å². The van der Waals surface area contributed by atoms with Crippen molar-refractivity contribution in [2.45, 2.75) is 17.4 Å². The highest BCUT2D eigenvalue weighted by Crippen LogP contribution is 2.35. The van der Waals surface area contributed by atoms with Crippen LogP contribution in [0.25, 0.3) is 22.4 Å². The summed E-state index contributed by atoms with van der Waals surface area (Å²) in [6, 6.07) is 12.6. The van der Waals surface area contributed by atoms with Gasteiger partial charge < -0.3 is 18.9 Å². The second-order valence-corrected chi connectivity index (χ2v) is 7.46. The highest BCUT2D eigenvalue weighted by molar-refractivity contribution is 7.99. The molecule has 4 aromatic rings. The number of benzene rings is 2. The SMILES string of the molecule is COc1ccc(-c2nnc(SC(C)c3nc4ccccc4c(=O)[nH]3)o2)cc1OC. The average Bonchev–Trinajstić information content (AvgIpc) is 3.21. The second kappa shape index (κ2) is 7.96. The molecule has 148 valence electrons. The molecule has 1 N–H and O–H groups in total. The number of ether oxygens (including phenoxy) is 2. The van der Waals surface area contributed by atoms with E-state index in [9.17, 15) is 4.79 Å². The molecule has 0 radical (unpaired) electrons. The fraction of sp³-hybridized carbons (Fsp3) is 0.200. The van der Waals surface area contributed by atoms with Gasteiger partial charge in [0.05, 0.1) is 30.4 Å². The predicted molar refractivity (Wildman–Crippen MR) is 109 cm³/mol. The van der Waals surface area contributed by atoms with Gasteiger partial charge in [-0.15, -0.1) is 10.2 Å². The summed E-state index contributed by atoms with van der Waals surface area (Å²) in [7, 11) is 3.14. The summed E-state index contributed by atoms with van der Waals surface area (Å²) in [6.45, 7) is 1.91. The largest absolute Gasteiger partial charge is 0.493 e. The van der Waals surface area contributed by atoms with E-state index in [-0.39, 0.29) is 10.8 Å². The van der Waals surface area contributed by atoms with Crippen LogP contribution < -0.4 is 15.0 Å². The molecule has 0 saturated heterocycles. The zero-order valence-corrected chi connectivity index (χ0v) is 16.8. The monoisotopic (exact) mass is 410 g/mol. The van der Waals surface area contributed by atoms with E-state index in [0.29, 0.717) is 44.9 Å². The molecule has 1 unspecified atom stereocenters. The van der Waals surface area contributed by atoms with Crippen LogP contribution in [0, 0.1) is 0 Å².